The summed E-state index contributed by atoms with van der Waals surface area (Å²) >= 11 is 1.73. The summed E-state index contributed by atoms with van der Waals surface area (Å²) in [5, 5.41) is 9.18. The second-order valence-corrected chi connectivity index (χ2v) is 6.37. The summed E-state index contributed by atoms with van der Waals surface area (Å²) in [4.78, 5) is 26.1. The van der Waals surface area contributed by atoms with Gasteiger partial charge in [-0.25, -0.2) is 4.79 Å². The SMILES string of the molecule is O=C(O)[C@H]1CCCCN1C(=O)CCCSc1ccccc1. The maximum atomic E-state index is 12.2. The van der Waals surface area contributed by atoms with Crippen LogP contribution in [-0.4, -0.2) is 40.2 Å². The number of nitrogens with zero attached hydrogens (tertiary/aromatic N) is 1. The molecule has 0 aliphatic carbocycles. The van der Waals surface area contributed by atoms with E-state index in [-0.39, 0.29) is 5.91 Å². The van der Waals surface area contributed by atoms with Crippen molar-refractivity contribution >= 4 is 23.6 Å². The van der Waals surface area contributed by atoms with Crippen molar-refractivity contribution in [1.29, 1.82) is 0 Å². The Hall–Kier alpha value is -1.49. The monoisotopic (exact) mass is 307 g/mol. The lowest BCUT2D eigenvalue weighted by Crippen LogP contribution is -2.47. The third-order valence-corrected chi connectivity index (χ3v) is 4.75. The Balaban J connectivity index is 1.74. The first-order chi connectivity index (χ1) is 10.2. The molecule has 2 rings (SSSR count). The van der Waals surface area contributed by atoms with Gasteiger partial charge in [0, 0.05) is 17.9 Å². The molecule has 1 atom stereocenters. The lowest BCUT2D eigenvalue weighted by Gasteiger charge is -2.33. The zero-order chi connectivity index (χ0) is 15.1. The van der Waals surface area contributed by atoms with Crippen molar-refractivity contribution in [3.63, 3.8) is 0 Å². The van der Waals surface area contributed by atoms with Gasteiger partial charge < -0.3 is 10.0 Å². The number of hydrogen-bond donors (Lipinski definition) is 1. The van der Waals surface area contributed by atoms with E-state index in [2.05, 4.69) is 12.1 Å². The van der Waals surface area contributed by atoms with E-state index in [1.807, 2.05) is 18.2 Å². The Morgan fingerprint density at radius 1 is 1.24 bits per heavy atom. The Labute approximate surface area is 129 Å². The predicted molar refractivity (Wildman–Crippen MR) is 83.4 cm³/mol. The van der Waals surface area contributed by atoms with Gasteiger partial charge in [-0.05, 0) is 43.6 Å². The van der Waals surface area contributed by atoms with Crippen LogP contribution in [0.25, 0.3) is 0 Å². The number of likely N-dealkylation sites (tertiary alicyclic amines) is 1. The molecule has 0 unspecified atom stereocenters. The number of piperidine rings is 1. The van der Waals surface area contributed by atoms with Crippen LogP contribution >= 0.6 is 11.8 Å². The first-order valence-electron chi connectivity index (χ1n) is 7.38. The fourth-order valence-corrected chi connectivity index (χ4v) is 3.43. The molecule has 1 fully saturated rings. The summed E-state index contributed by atoms with van der Waals surface area (Å²) in [6, 6.07) is 9.47. The molecular weight excluding hydrogens is 286 g/mol. The molecular formula is C16H21NO3S. The minimum Gasteiger partial charge on any atom is -0.480 e. The molecule has 1 heterocycles. The molecule has 0 aromatic heterocycles. The van der Waals surface area contributed by atoms with Gasteiger partial charge >= 0.3 is 5.97 Å². The number of rotatable bonds is 6. The average Bonchev–Trinajstić information content (AvgIpc) is 2.52. The van der Waals surface area contributed by atoms with Gasteiger partial charge in [0.2, 0.25) is 5.91 Å². The molecule has 5 heteroatoms. The first kappa shape index (κ1) is 15.9. The Kier molecular flexibility index (Phi) is 6.11. The number of carbonyl (C=O) groups is 2. The van der Waals surface area contributed by atoms with Gasteiger partial charge in [0.05, 0.1) is 0 Å². The largest absolute Gasteiger partial charge is 0.480 e. The molecule has 1 aromatic rings. The minimum absolute atomic E-state index is 0.0178. The molecule has 21 heavy (non-hydrogen) atoms. The maximum absolute atomic E-state index is 12.2. The van der Waals surface area contributed by atoms with E-state index >= 15 is 0 Å². The van der Waals surface area contributed by atoms with Crippen LogP contribution in [0, 0.1) is 0 Å². The number of benzene rings is 1. The van der Waals surface area contributed by atoms with Crippen LogP contribution in [0.3, 0.4) is 0 Å². The van der Waals surface area contributed by atoms with Crippen LogP contribution in [-0.2, 0) is 9.59 Å². The quantitative estimate of drug-likeness (QED) is 0.648. The number of carbonyl (C=O) groups excluding carboxylic acids is 1. The number of carboxylic acids is 1. The topological polar surface area (TPSA) is 57.6 Å². The molecule has 1 N–H and O–H groups in total. The third kappa shape index (κ3) is 4.77. The summed E-state index contributed by atoms with van der Waals surface area (Å²) in [5.74, 6) is -0.0149. The summed E-state index contributed by atoms with van der Waals surface area (Å²) in [6.07, 6.45) is 3.60. The molecule has 1 aromatic carbocycles. The first-order valence-corrected chi connectivity index (χ1v) is 8.37. The van der Waals surface area contributed by atoms with E-state index < -0.39 is 12.0 Å². The normalized spacial score (nSPS) is 18.5. The molecule has 0 bridgehead atoms. The van der Waals surface area contributed by atoms with Crippen LogP contribution in [0.1, 0.15) is 32.1 Å². The van der Waals surface area contributed by atoms with Gasteiger partial charge in [-0.1, -0.05) is 18.2 Å². The van der Waals surface area contributed by atoms with E-state index in [1.54, 1.807) is 16.7 Å². The Morgan fingerprint density at radius 2 is 2.00 bits per heavy atom. The molecule has 0 radical (unpaired) electrons. The minimum atomic E-state index is -0.873. The van der Waals surface area contributed by atoms with Gasteiger partial charge in [0.25, 0.3) is 0 Å². The van der Waals surface area contributed by atoms with Crippen molar-refractivity contribution in [2.45, 2.75) is 43.0 Å². The summed E-state index contributed by atoms with van der Waals surface area (Å²) in [7, 11) is 0. The van der Waals surface area contributed by atoms with E-state index in [0.717, 1.165) is 25.0 Å². The van der Waals surface area contributed by atoms with E-state index in [4.69, 9.17) is 0 Å². The zero-order valence-corrected chi connectivity index (χ0v) is 12.8. The molecule has 1 saturated heterocycles. The Bertz CT molecular complexity index is 478. The third-order valence-electron chi connectivity index (χ3n) is 3.66. The molecule has 1 aliphatic rings. The highest BCUT2D eigenvalue weighted by Crippen LogP contribution is 2.21. The predicted octanol–water partition coefficient (Wildman–Crippen LogP) is 3.02. The van der Waals surface area contributed by atoms with Crippen molar-refractivity contribution in [2.24, 2.45) is 0 Å². The molecule has 0 spiro atoms. The lowest BCUT2D eigenvalue weighted by atomic mass is 10.0. The smallest absolute Gasteiger partial charge is 0.326 e. The zero-order valence-electron chi connectivity index (χ0n) is 12.0. The number of thioether (sulfide) groups is 1. The van der Waals surface area contributed by atoms with Gasteiger partial charge in [-0.2, -0.15) is 0 Å². The number of amides is 1. The van der Waals surface area contributed by atoms with E-state index in [9.17, 15) is 14.7 Å². The molecule has 4 nitrogen and oxygen atoms in total. The molecule has 1 amide bonds. The number of aliphatic carboxylic acids is 1. The Morgan fingerprint density at radius 3 is 2.71 bits per heavy atom. The van der Waals surface area contributed by atoms with Crippen LogP contribution in [0.4, 0.5) is 0 Å². The standard InChI is InChI=1S/C16H21NO3S/c18-15(17-11-5-4-9-14(17)16(19)20)10-6-12-21-13-7-2-1-3-8-13/h1-3,7-8,14H,4-6,9-12H2,(H,19,20)/t14-/m1/s1. The highest BCUT2D eigenvalue weighted by Gasteiger charge is 2.31. The summed E-state index contributed by atoms with van der Waals surface area (Å²) < 4.78 is 0. The van der Waals surface area contributed by atoms with Crippen LogP contribution < -0.4 is 0 Å². The van der Waals surface area contributed by atoms with Crippen molar-refractivity contribution in [1.82, 2.24) is 4.90 Å². The average molecular weight is 307 g/mol. The number of hydrogen-bond acceptors (Lipinski definition) is 3. The fourth-order valence-electron chi connectivity index (χ4n) is 2.56. The van der Waals surface area contributed by atoms with Gasteiger partial charge in [-0.3, -0.25) is 4.79 Å². The second-order valence-electron chi connectivity index (χ2n) is 5.20. The molecule has 0 saturated carbocycles. The van der Waals surface area contributed by atoms with E-state index in [0.29, 0.717) is 19.4 Å². The fraction of sp³-hybridized carbons (Fsp3) is 0.500. The van der Waals surface area contributed by atoms with Crippen LogP contribution in [0.2, 0.25) is 0 Å². The molecule has 1 aliphatic heterocycles. The highest BCUT2D eigenvalue weighted by molar-refractivity contribution is 7.99. The second kappa shape index (κ2) is 8.08. The van der Waals surface area contributed by atoms with Crippen molar-refractivity contribution in [3.8, 4) is 0 Å². The maximum Gasteiger partial charge on any atom is 0.326 e. The van der Waals surface area contributed by atoms with E-state index in [1.165, 1.54) is 4.90 Å². The van der Waals surface area contributed by atoms with Crippen molar-refractivity contribution in [2.75, 3.05) is 12.3 Å². The van der Waals surface area contributed by atoms with Crippen LogP contribution in [0.5, 0.6) is 0 Å². The van der Waals surface area contributed by atoms with Gasteiger partial charge in [-0.15, -0.1) is 11.8 Å². The summed E-state index contributed by atoms with van der Waals surface area (Å²) in [5.41, 5.74) is 0. The highest BCUT2D eigenvalue weighted by atomic mass is 32.2. The van der Waals surface area contributed by atoms with Gasteiger partial charge in [0.15, 0.2) is 0 Å². The van der Waals surface area contributed by atoms with Crippen molar-refractivity contribution in [3.05, 3.63) is 30.3 Å². The summed E-state index contributed by atoms with van der Waals surface area (Å²) in [6.45, 7) is 0.585. The molecule has 114 valence electrons. The van der Waals surface area contributed by atoms with Crippen molar-refractivity contribution < 1.29 is 14.7 Å². The van der Waals surface area contributed by atoms with Crippen LogP contribution in [0.15, 0.2) is 35.2 Å². The van der Waals surface area contributed by atoms with Gasteiger partial charge in [0.1, 0.15) is 6.04 Å². The lowest BCUT2D eigenvalue weighted by molar-refractivity contribution is -0.152. The number of carboxylic acid groups (broad SMARTS) is 1.